The topological polar surface area (TPSA) is 117 Å². The van der Waals surface area contributed by atoms with Crippen LogP contribution in [-0.2, 0) is 9.59 Å². The Hall–Kier alpha value is -2.32. The molecule has 2 amide bonds. The van der Waals surface area contributed by atoms with Crippen LogP contribution < -0.4 is 20.1 Å². The molecule has 1 aromatic rings. The average Bonchev–Trinajstić information content (AvgIpc) is 2.44. The molecular formula is C14H20N2O6. The van der Waals surface area contributed by atoms with E-state index in [1.807, 2.05) is 0 Å². The molecule has 0 fully saturated rings. The third kappa shape index (κ3) is 5.58. The van der Waals surface area contributed by atoms with Gasteiger partial charge in [-0.3, -0.25) is 9.59 Å². The van der Waals surface area contributed by atoms with Crippen molar-refractivity contribution in [3.63, 3.8) is 0 Å². The van der Waals surface area contributed by atoms with Crippen molar-refractivity contribution in [3.05, 3.63) is 12.1 Å². The van der Waals surface area contributed by atoms with Gasteiger partial charge in [0.15, 0.2) is 0 Å². The standard InChI is InChI=1S/C14H20N2O6/c1-9(19)15-11-7-12(16-10(2)20)14(22-6-4-18)8-13(11)21-5-3-17/h7-8,17-18H,3-6H2,1-2H3,(H,15,19)(H,16,20). The molecule has 8 nitrogen and oxygen atoms in total. The molecule has 4 N–H and O–H groups in total. The molecule has 0 saturated carbocycles. The minimum atomic E-state index is -0.313. The zero-order chi connectivity index (χ0) is 16.5. The summed E-state index contributed by atoms with van der Waals surface area (Å²) in [5.74, 6) is -0.0594. The predicted molar refractivity (Wildman–Crippen MR) is 80.2 cm³/mol. The quantitative estimate of drug-likeness (QED) is 0.550. The molecule has 0 bridgehead atoms. The van der Waals surface area contributed by atoms with Gasteiger partial charge in [0.1, 0.15) is 24.7 Å². The number of benzene rings is 1. The van der Waals surface area contributed by atoms with E-state index in [2.05, 4.69) is 10.6 Å². The molecule has 122 valence electrons. The van der Waals surface area contributed by atoms with Crippen LogP contribution in [0.4, 0.5) is 11.4 Å². The number of amides is 2. The van der Waals surface area contributed by atoms with Crippen LogP contribution in [0.15, 0.2) is 12.1 Å². The highest BCUT2D eigenvalue weighted by Gasteiger charge is 2.14. The molecule has 0 radical (unpaired) electrons. The first kappa shape index (κ1) is 17.7. The van der Waals surface area contributed by atoms with Gasteiger partial charge in [0.2, 0.25) is 11.8 Å². The Morgan fingerprint density at radius 3 is 1.64 bits per heavy atom. The summed E-state index contributed by atoms with van der Waals surface area (Å²) in [6.07, 6.45) is 0. The van der Waals surface area contributed by atoms with Gasteiger partial charge in [-0.1, -0.05) is 0 Å². The minimum absolute atomic E-state index is 0.0332. The number of anilines is 2. The summed E-state index contributed by atoms with van der Waals surface area (Å²) in [5.41, 5.74) is 0.669. The number of carbonyl (C=O) groups excluding carboxylic acids is 2. The molecule has 0 aliphatic rings. The van der Waals surface area contributed by atoms with E-state index in [0.29, 0.717) is 11.4 Å². The third-order valence-corrected chi connectivity index (χ3v) is 2.40. The fraction of sp³-hybridized carbons (Fsp3) is 0.429. The monoisotopic (exact) mass is 312 g/mol. The first-order valence-electron chi connectivity index (χ1n) is 6.68. The Labute approximate surface area is 128 Å². The van der Waals surface area contributed by atoms with Gasteiger partial charge in [0, 0.05) is 19.9 Å². The highest BCUT2D eigenvalue weighted by atomic mass is 16.5. The molecule has 0 aliphatic heterocycles. The van der Waals surface area contributed by atoms with Crippen molar-refractivity contribution >= 4 is 23.2 Å². The van der Waals surface area contributed by atoms with Crippen LogP contribution in [-0.4, -0.2) is 48.5 Å². The molecule has 8 heteroatoms. The zero-order valence-electron chi connectivity index (χ0n) is 12.5. The van der Waals surface area contributed by atoms with Crippen LogP contribution >= 0.6 is 0 Å². The fourth-order valence-electron chi connectivity index (χ4n) is 1.69. The van der Waals surface area contributed by atoms with Crippen LogP contribution in [0, 0.1) is 0 Å². The van der Waals surface area contributed by atoms with E-state index >= 15 is 0 Å². The van der Waals surface area contributed by atoms with E-state index in [1.54, 1.807) is 0 Å². The van der Waals surface area contributed by atoms with Gasteiger partial charge in [0.25, 0.3) is 0 Å². The fourth-order valence-corrected chi connectivity index (χ4v) is 1.69. The Kier molecular flexibility index (Phi) is 7.14. The number of rotatable bonds is 8. The number of ether oxygens (including phenoxy) is 2. The van der Waals surface area contributed by atoms with Crippen LogP contribution in [0.25, 0.3) is 0 Å². The van der Waals surface area contributed by atoms with Crippen molar-refractivity contribution in [1.29, 1.82) is 0 Å². The Bertz CT molecular complexity index is 489. The van der Waals surface area contributed by atoms with Crippen molar-refractivity contribution in [3.8, 4) is 11.5 Å². The lowest BCUT2D eigenvalue weighted by atomic mass is 10.2. The maximum Gasteiger partial charge on any atom is 0.221 e. The molecule has 0 aliphatic carbocycles. The third-order valence-electron chi connectivity index (χ3n) is 2.40. The molecule has 0 saturated heterocycles. The van der Waals surface area contributed by atoms with Crippen molar-refractivity contribution in [2.45, 2.75) is 13.8 Å². The Balaban J connectivity index is 3.21. The lowest BCUT2D eigenvalue weighted by Crippen LogP contribution is -2.13. The zero-order valence-corrected chi connectivity index (χ0v) is 12.5. The van der Waals surface area contributed by atoms with E-state index in [0.717, 1.165) is 0 Å². The highest BCUT2D eigenvalue weighted by Crippen LogP contribution is 2.36. The predicted octanol–water partition coefficient (Wildman–Crippen LogP) is 0.346. The molecule has 0 aromatic heterocycles. The SMILES string of the molecule is CC(=O)Nc1cc(NC(C)=O)c(OCCO)cc1OCCO. The molecule has 0 heterocycles. The minimum Gasteiger partial charge on any atom is -0.489 e. The second kappa shape index (κ2) is 8.85. The summed E-state index contributed by atoms with van der Waals surface area (Å²) in [6, 6.07) is 2.96. The maximum absolute atomic E-state index is 11.3. The molecule has 0 spiro atoms. The van der Waals surface area contributed by atoms with Gasteiger partial charge in [-0.05, 0) is 6.07 Å². The van der Waals surface area contributed by atoms with Crippen molar-refractivity contribution in [2.75, 3.05) is 37.1 Å². The van der Waals surface area contributed by atoms with Crippen LogP contribution in [0.2, 0.25) is 0 Å². The van der Waals surface area contributed by atoms with Gasteiger partial charge in [-0.2, -0.15) is 0 Å². The largest absolute Gasteiger partial charge is 0.489 e. The van der Waals surface area contributed by atoms with Gasteiger partial charge >= 0.3 is 0 Å². The summed E-state index contributed by atoms with van der Waals surface area (Å²) in [7, 11) is 0. The maximum atomic E-state index is 11.3. The normalized spacial score (nSPS) is 10.0. The number of nitrogens with one attached hydrogen (secondary N) is 2. The average molecular weight is 312 g/mol. The van der Waals surface area contributed by atoms with Gasteiger partial charge in [-0.15, -0.1) is 0 Å². The molecule has 0 atom stereocenters. The first-order valence-corrected chi connectivity index (χ1v) is 6.68. The van der Waals surface area contributed by atoms with Crippen LogP contribution in [0.3, 0.4) is 0 Å². The van der Waals surface area contributed by atoms with E-state index in [4.69, 9.17) is 19.7 Å². The second-order valence-electron chi connectivity index (χ2n) is 4.35. The second-order valence-corrected chi connectivity index (χ2v) is 4.35. The summed E-state index contributed by atoms with van der Waals surface area (Å²) >= 11 is 0. The summed E-state index contributed by atoms with van der Waals surface area (Å²) in [5, 5.41) is 22.9. The van der Waals surface area contributed by atoms with Crippen molar-refractivity contribution in [2.24, 2.45) is 0 Å². The van der Waals surface area contributed by atoms with E-state index in [9.17, 15) is 9.59 Å². The Morgan fingerprint density at radius 2 is 1.32 bits per heavy atom. The van der Waals surface area contributed by atoms with Gasteiger partial charge < -0.3 is 30.3 Å². The smallest absolute Gasteiger partial charge is 0.221 e. The van der Waals surface area contributed by atoms with Crippen LogP contribution in [0.1, 0.15) is 13.8 Å². The molecule has 1 aromatic carbocycles. The molecular weight excluding hydrogens is 292 g/mol. The van der Waals surface area contributed by atoms with Crippen molar-refractivity contribution < 1.29 is 29.3 Å². The summed E-state index contributed by atoms with van der Waals surface area (Å²) in [4.78, 5) is 22.5. The number of carbonyl (C=O) groups is 2. The van der Waals surface area contributed by atoms with E-state index < -0.39 is 0 Å². The number of aliphatic hydroxyl groups excluding tert-OH is 2. The first-order chi connectivity index (χ1) is 10.5. The number of aliphatic hydroxyl groups is 2. The lowest BCUT2D eigenvalue weighted by molar-refractivity contribution is -0.115. The van der Waals surface area contributed by atoms with E-state index in [1.165, 1.54) is 26.0 Å². The van der Waals surface area contributed by atoms with Crippen molar-refractivity contribution in [1.82, 2.24) is 0 Å². The number of hydrogen-bond acceptors (Lipinski definition) is 6. The molecule has 22 heavy (non-hydrogen) atoms. The van der Waals surface area contributed by atoms with Crippen LogP contribution in [0.5, 0.6) is 11.5 Å². The molecule has 0 unspecified atom stereocenters. The van der Waals surface area contributed by atoms with Gasteiger partial charge in [0.05, 0.1) is 24.6 Å². The van der Waals surface area contributed by atoms with E-state index in [-0.39, 0.29) is 49.7 Å². The summed E-state index contributed by atoms with van der Waals surface area (Å²) < 4.78 is 10.7. The summed E-state index contributed by atoms with van der Waals surface area (Å²) in [6.45, 7) is 2.35. The highest BCUT2D eigenvalue weighted by molar-refractivity contribution is 5.95. The lowest BCUT2D eigenvalue weighted by Gasteiger charge is -2.17. The molecule has 1 rings (SSSR count). The number of hydrogen-bond donors (Lipinski definition) is 4. The van der Waals surface area contributed by atoms with Gasteiger partial charge in [-0.25, -0.2) is 0 Å². The Morgan fingerprint density at radius 1 is 0.909 bits per heavy atom.